The molecule has 1 aromatic heterocycles. The van der Waals surface area contributed by atoms with Crippen molar-refractivity contribution >= 4 is 22.3 Å². The van der Waals surface area contributed by atoms with Crippen LogP contribution in [0.25, 0.3) is 10.9 Å². The van der Waals surface area contributed by atoms with E-state index in [-0.39, 0.29) is 6.61 Å². The molecule has 2 atom stereocenters. The van der Waals surface area contributed by atoms with Crippen molar-refractivity contribution in [2.45, 2.75) is 31.7 Å². The van der Waals surface area contributed by atoms with Crippen LogP contribution in [0.1, 0.15) is 25.7 Å². The number of nitrogen functional groups attached to an aromatic ring is 1. The summed E-state index contributed by atoms with van der Waals surface area (Å²) in [5, 5.41) is 14.2. The maximum Gasteiger partial charge on any atom is 0.0743 e. The van der Waals surface area contributed by atoms with Gasteiger partial charge in [0.25, 0.3) is 0 Å². The van der Waals surface area contributed by atoms with E-state index in [9.17, 15) is 5.11 Å². The molecule has 1 aromatic carbocycles. The highest BCUT2D eigenvalue weighted by Crippen LogP contribution is 2.30. The molecule has 0 spiro atoms. The summed E-state index contributed by atoms with van der Waals surface area (Å²) < 4.78 is 0. The fourth-order valence-corrected chi connectivity index (χ4v) is 3.11. The average Bonchev–Trinajstić information content (AvgIpc) is 2.47. The van der Waals surface area contributed by atoms with E-state index in [0.29, 0.717) is 12.0 Å². The summed E-state index contributed by atoms with van der Waals surface area (Å²) in [6.07, 6.45) is 6.47. The topological polar surface area (TPSA) is 71.2 Å². The van der Waals surface area contributed by atoms with Crippen LogP contribution in [0.2, 0.25) is 0 Å². The molecule has 4 nitrogen and oxygen atoms in total. The molecule has 20 heavy (non-hydrogen) atoms. The predicted molar refractivity (Wildman–Crippen MR) is 82.6 cm³/mol. The smallest absolute Gasteiger partial charge is 0.0743 e. The molecule has 1 heterocycles. The van der Waals surface area contributed by atoms with Gasteiger partial charge in [-0.2, -0.15) is 0 Å². The molecule has 0 bridgehead atoms. The molecule has 0 saturated heterocycles. The lowest BCUT2D eigenvalue weighted by molar-refractivity contribution is 0.178. The molecule has 1 aliphatic rings. The van der Waals surface area contributed by atoms with Gasteiger partial charge in [-0.1, -0.05) is 12.8 Å². The SMILES string of the molecule is Nc1ccc2c(NC3CCCCC3CO)ccnc2c1. The molecular formula is C16H21N3O. The zero-order valence-electron chi connectivity index (χ0n) is 11.5. The first kappa shape index (κ1) is 13.2. The highest BCUT2D eigenvalue weighted by molar-refractivity contribution is 5.92. The van der Waals surface area contributed by atoms with E-state index in [0.717, 1.165) is 35.1 Å². The Labute approximate surface area is 119 Å². The molecule has 1 saturated carbocycles. The van der Waals surface area contributed by atoms with Crippen LogP contribution in [0, 0.1) is 5.92 Å². The summed E-state index contributed by atoms with van der Waals surface area (Å²) in [5.74, 6) is 0.348. The minimum atomic E-state index is 0.258. The fourth-order valence-electron chi connectivity index (χ4n) is 3.11. The number of pyridine rings is 1. The maximum atomic E-state index is 9.52. The molecule has 0 aliphatic heterocycles. The van der Waals surface area contributed by atoms with Crippen molar-refractivity contribution in [3.63, 3.8) is 0 Å². The highest BCUT2D eigenvalue weighted by Gasteiger charge is 2.24. The quantitative estimate of drug-likeness (QED) is 0.751. The van der Waals surface area contributed by atoms with Crippen LogP contribution in [0.5, 0.6) is 0 Å². The van der Waals surface area contributed by atoms with E-state index in [2.05, 4.69) is 10.3 Å². The van der Waals surface area contributed by atoms with Gasteiger partial charge in [-0.3, -0.25) is 4.98 Å². The molecule has 1 aliphatic carbocycles. The van der Waals surface area contributed by atoms with E-state index in [4.69, 9.17) is 5.73 Å². The number of nitrogens with two attached hydrogens (primary N) is 1. The summed E-state index contributed by atoms with van der Waals surface area (Å²) in [4.78, 5) is 4.37. The van der Waals surface area contributed by atoms with Gasteiger partial charge in [-0.05, 0) is 37.1 Å². The van der Waals surface area contributed by atoms with Gasteiger partial charge in [0.15, 0.2) is 0 Å². The molecule has 106 valence electrons. The lowest BCUT2D eigenvalue weighted by Gasteiger charge is -2.32. The van der Waals surface area contributed by atoms with Crippen LogP contribution in [-0.4, -0.2) is 22.7 Å². The molecule has 0 radical (unpaired) electrons. The number of aliphatic hydroxyl groups excluding tert-OH is 1. The first-order chi connectivity index (χ1) is 9.78. The van der Waals surface area contributed by atoms with Gasteiger partial charge in [0, 0.05) is 41.5 Å². The largest absolute Gasteiger partial charge is 0.399 e. The summed E-state index contributed by atoms with van der Waals surface area (Å²) in [5.41, 5.74) is 8.53. The maximum absolute atomic E-state index is 9.52. The van der Waals surface area contributed by atoms with Crippen molar-refractivity contribution in [2.75, 3.05) is 17.7 Å². The lowest BCUT2D eigenvalue weighted by Crippen LogP contribution is -2.34. The van der Waals surface area contributed by atoms with Crippen LogP contribution < -0.4 is 11.1 Å². The second kappa shape index (κ2) is 5.67. The number of hydrogen-bond acceptors (Lipinski definition) is 4. The van der Waals surface area contributed by atoms with E-state index >= 15 is 0 Å². The summed E-state index contributed by atoms with van der Waals surface area (Å²) in [7, 11) is 0. The minimum absolute atomic E-state index is 0.258. The number of nitrogens with zero attached hydrogens (tertiary/aromatic N) is 1. The Morgan fingerprint density at radius 3 is 2.95 bits per heavy atom. The van der Waals surface area contributed by atoms with Crippen LogP contribution in [0.3, 0.4) is 0 Å². The number of aromatic nitrogens is 1. The van der Waals surface area contributed by atoms with E-state index in [1.807, 2.05) is 24.3 Å². The number of anilines is 2. The Kier molecular flexibility index (Phi) is 3.74. The second-order valence-electron chi connectivity index (χ2n) is 5.61. The number of rotatable bonds is 3. The molecule has 1 fully saturated rings. The van der Waals surface area contributed by atoms with Gasteiger partial charge in [0.1, 0.15) is 0 Å². The predicted octanol–water partition coefficient (Wildman–Crippen LogP) is 2.78. The van der Waals surface area contributed by atoms with Gasteiger partial charge >= 0.3 is 0 Å². The van der Waals surface area contributed by atoms with Crippen molar-refractivity contribution < 1.29 is 5.11 Å². The van der Waals surface area contributed by atoms with Crippen molar-refractivity contribution in [1.29, 1.82) is 0 Å². The Bertz CT molecular complexity index is 599. The molecule has 2 unspecified atom stereocenters. The molecule has 3 rings (SSSR count). The van der Waals surface area contributed by atoms with Crippen LogP contribution >= 0.6 is 0 Å². The first-order valence-electron chi connectivity index (χ1n) is 7.29. The molecule has 4 heteroatoms. The van der Waals surface area contributed by atoms with E-state index in [1.54, 1.807) is 6.20 Å². The summed E-state index contributed by atoms with van der Waals surface area (Å²) in [6.45, 7) is 0.258. The Hall–Kier alpha value is -1.81. The summed E-state index contributed by atoms with van der Waals surface area (Å²) >= 11 is 0. The molecule has 2 aromatic rings. The third-order valence-corrected chi connectivity index (χ3v) is 4.25. The highest BCUT2D eigenvalue weighted by atomic mass is 16.3. The third-order valence-electron chi connectivity index (χ3n) is 4.25. The fraction of sp³-hybridized carbons (Fsp3) is 0.438. The number of benzene rings is 1. The van der Waals surface area contributed by atoms with Gasteiger partial charge in [-0.25, -0.2) is 0 Å². The van der Waals surface area contributed by atoms with Crippen molar-refractivity contribution in [2.24, 2.45) is 5.92 Å². The van der Waals surface area contributed by atoms with E-state index in [1.165, 1.54) is 12.8 Å². The second-order valence-corrected chi connectivity index (χ2v) is 5.61. The van der Waals surface area contributed by atoms with Crippen LogP contribution in [0.4, 0.5) is 11.4 Å². The molecule has 4 N–H and O–H groups in total. The number of fused-ring (bicyclic) bond motifs is 1. The number of hydrogen-bond donors (Lipinski definition) is 3. The monoisotopic (exact) mass is 271 g/mol. The van der Waals surface area contributed by atoms with Crippen molar-refractivity contribution in [3.8, 4) is 0 Å². The zero-order valence-corrected chi connectivity index (χ0v) is 11.5. The Morgan fingerprint density at radius 1 is 1.25 bits per heavy atom. The van der Waals surface area contributed by atoms with Crippen molar-refractivity contribution in [1.82, 2.24) is 4.98 Å². The number of aliphatic hydroxyl groups is 1. The Morgan fingerprint density at radius 2 is 2.10 bits per heavy atom. The van der Waals surface area contributed by atoms with Crippen LogP contribution in [0.15, 0.2) is 30.5 Å². The van der Waals surface area contributed by atoms with Gasteiger partial charge in [0.05, 0.1) is 5.52 Å². The lowest BCUT2D eigenvalue weighted by atomic mass is 9.85. The third kappa shape index (κ3) is 2.56. The van der Waals surface area contributed by atoms with Gasteiger partial charge in [-0.15, -0.1) is 0 Å². The summed E-state index contributed by atoms with van der Waals surface area (Å²) in [6, 6.07) is 8.15. The van der Waals surface area contributed by atoms with Crippen LogP contribution in [-0.2, 0) is 0 Å². The molecule has 0 amide bonds. The Balaban J connectivity index is 1.90. The normalized spacial score (nSPS) is 22.9. The average molecular weight is 271 g/mol. The standard InChI is InChI=1S/C16H21N3O/c17-12-5-6-13-15(7-8-18-16(13)9-12)19-14-4-2-1-3-11(14)10-20/h5-9,11,14,20H,1-4,10,17H2,(H,18,19). The van der Waals surface area contributed by atoms with Gasteiger partial charge < -0.3 is 16.2 Å². The van der Waals surface area contributed by atoms with Gasteiger partial charge in [0.2, 0.25) is 0 Å². The zero-order chi connectivity index (χ0) is 13.9. The minimum Gasteiger partial charge on any atom is -0.399 e. The first-order valence-corrected chi connectivity index (χ1v) is 7.29. The molecular weight excluding hydrogens is 250 g/mol. The van der Waals surface area contributed by atoms with E-state index < -0.39 is 0 Å². The van der Waals surface area contributed by atoms with Crippen molar-refractivity contribution in [3.05, 3.63) is 30.5 Å². The number of nitrogens with one attached hydrogen (secondary N) is 1.